The normalized spacial score (nSPS) is 17.9. The number of amides is 1. The van der Waals surface area contributed by atoms with Gasteiger partial charge in [-0.2, -0.15) is 0 Å². The standard InChI is InChI=1S/C32H33F2N3O3/c33-26-8-9-30(34)24(20-26)10-13-35-32(39)29-7-2-1-6-28(29)23-11-14-36(15-12-23)16-17-37-18-19-40-31(22-37)25-4-3-5-27(38)21-25/h1-9,18-20,22-23H,10-17,21H2,(H,35,39). The number of carbonyl (C=O) groups is 2. The van der Waals surface area contributed by atoms with Gasteiger partial charge in [0.25, 0.3) is 5.91 Å². The quantitative estimate of drug-likeness (QED) is 0.469. The maximum absolute atomic E-state index is 13.9. The maximum Gasteiger partial charge on any atom is 0.251 e. The fourth-order valence-electron chi connectivity index (χ4n) is 5.38. The van der Waals surface area contributed by atoms with Crippen molar-refractivity contribution in [3.05, 3.63) is 119 Å². The summed E-state index contributed by atoms with van der Waals surface area (Å²) >= 11 is 0. The summed E-state index contributed by atoms with van der Waals surface area (Å²) in [6.07, 6.45) is 13.2. The Balaban J connectivity index is 1.11. The molecule has 0 saturated carbocycles. The van der Waals surface area contributed by atoms with Gasteiger partial charge < -0.3 is 19.9 Å². The molecule has 0 atom stereocenters. The van der Waals surface area contributed by atoms with Gasteiger partial charge in [-0.1, -0.05) is 30.4 Å². The summed E-state index contributed by atoms with van der Waals surface area (Å²) < 4.78 is 33.0. The number of nitrogens with zero attached hydrogens (tertiary/aromatic N) is 2. The van der Waals surface area contributed by atoms with E-state index < -0.39 is 11.6 Å². The third-order valence-corrected chi connectivity index (χ3v) is 7.59. The van der Waals surface area contributed by atoms with Crippen LogP contribution in [0.25, 0.3) is 0 Å². The van der Waals surface area contributed by atoms with E-state index in [1.807, 2.05) is 42.7 Å². The van der Waals surface area contributed by atoms with Crippen LogP contribution in [0.1, 0.15) is 46.7 Å². The van der Waals surface area contributed by atoms with Gasteiger partial charge in [-0.05, 0) is 79.7 Å². The zero-order valence-electron chi connectivity index (χ0n) is 22.3. The van der Waals surface area contributed by atoms with E-state index in [0.717, 1.165) is 62.3 Å². The average Bonchev–Trinajstić information content (AvgIpc) is 2.98. The molecule has 0 unspecified atom stereocenters. The third-order valence-electron chi connectivity index (χ3n) is 7.59. The summed E-state index contributed by atoms with van der Waals surface area (Å²) in [5.74, 6) is -0.104. The SMILES string of the molecule is O=C1C=CC=C(C2=CN(CCN3CCC(c4ccccc4C(=O)NCCc4cc(F)ccc4F)CC3)C=CO2)C1. The molecule has 1 saturated heterocycles. The van der Waals surface area contributed by atoms with Crippen LogP contribution in [0.3, 0.4) is 0 Å². The molecule has 6 nitrogen and oxygen atoms in total. The molecule has 8 heteroatoms. The second-order valence-electron chi connectivity index (χ2n) is 10.3. The molecular formula is C32H33F2N3O3. The molecule has 1 aliphatic carbocycles. The van der Waals surface area contributed by atoms with Gasteiger partial charge in [0.05, 0.1) is 0 Å². The van der Waals surface area contributed by atoms with Crippen molar-refractivity contribution in [2.24, 2.45) is 0 Å². The van der Waals surface area contributed by atoms with E-state index in [1.165, 1.54) is 6.07 Å². The Bertz CT molecular complexity index is 1370. The van der Waals surface area contributed by atoms with Crippen molar-refractivity contribution in [2.45, 2.75) is 31.6 Å². The van der Waals surface area contributed by atoms with Crippen molar-refractivity contribution in [2.75, 3.05) is 32.7 Å². The van der Waals surface area contributed by atoms with Crippen LogP contribution in [-0.4, -0.2) is 54.2 Å². The molecule has 3 aliphatic rings. The number of ether oxygens (including phenoxy) is 1. The van der Waals surface area contributed by atoms with E-state index in [2.05, 4.69) is 15.1 Å². The van der Waals surface area contributed by atoms with Crippen LogP contribution in [0.4, 0.5) is 8.78 Å². The van der Waals surface area contributed by atoms with Crippen molar-refractivity contribution >= 4 is 11.7 Å². The summed E-state index contributed by atoms with van der Waals surface area (Å²) in [6, 6.07) is 11.0. The molecule has 2 aliphatic heterocycles. The number of likely N-dealkylation sites (tertiary alicyclic amines) is 1. The maximum atomic E-state index is 13.9. The fourth-order valence-corrected chi connectivity index (χ4v) is 5.38. The predicted molar refractivity (Wildman–Crippen MR) is 149 cm³/mol. The Morgan fingerprint density at radius 3 is 2.73 bits per heavy atom. The first-order valence-corrected chi connectivity index (χ1v) is 13.7. The van der Waals surface area contributed by atoms with Gasteiger partial charge in [0.2, 0.25) is 0 Å². The van der Waals surface area contributed by atoms with Crippen LogP contribution < -0.4 is 5.32 Å². The van der Waals surface area contributed by atoms with Crippen LogP contribution >= 0.6 is 0 Å². The van der Waals surface area contributed by atoms with Crippen molar-refractivity contribution < 1.29 is 23.1 Å². The molecule has 0 bridgehead atoms. The molecule has 1 N–H and O–H groups in total. The highest BCUT2D eigenvalue weighted by atomic mass is 19.1. The lowest BCUT2D eigenvalue weighted by Gasteiger charge is -2.34. The summed E-state index contributed by atoms with van der Waals surface area (Å²) in [7, 11) is 0. The van der Waals surface area contributed by atoms with Gasteiger partial charge in [0, 0.05) is 49.6 Å². The van der Waals surface area contributed by atoms with Crippen LogP contribution in [-0.2, 0) is 16.0 Å². The van der Waals surface area contributed by atoms with Gasteiger partial charge in [-0.3, -0.25) is 9.59 Å². The highest BCUT2D eigenvalue weighted by Crippen LogP contribution is 2.30. The lowest BCUT2D eigenvalue weighted by atomic mass is 9.86. The molecule has 5 rings (SSSR count). The van der Waals surface area contributed by atoms with Crippen LogP contribution in [0.5, 0.6) is 0 Å². The number of benzene rings is 2. The van der Waals surface area contributed by atoms with Gasteiger partial charge in [0.1, 0.15) is 23.7 Å². The molecule has 1 amide bonds. The number of nitrogens with one attached hydrogen (secondary N) is 1. The molecule has 0 aromatic heterocycles. The Morgan fingerprint density at radius 2 is 1.90 bits per heavy atom. The molecule has 2 heterocycles. The number of ketones is 1. The number of hydrogen-bond donors (Lipinski definition) is 1. The molecule has 208 valence electrons. The summed E-state index contributed by atoms with van der Waals surface area (Å²) in [6.45, 7) is 3.76. The van der Waals surface area contributed by atoms with Gasteiger partial charge >= 0.3 is 0 Å². The second-order valence-corrected chi connectivity index (χ2v) is 10.3. The first-order chi connectivity index (χ1) is 19.5. The van der Waals surface area contributed by atoms with E-state index in [0.29, 0.717) is 17.7 Å². The average molecular weight is 546 g/mol. The first-order valence-electron chi connectivity index (χ1n) is 13.7. The van der Waals surface area contributed by atoms with Gasteiger partial charge in [-0.15, -0.1) is 0 Å². The summed E-state index contributed by atoms with van der Waals surface area (Å²) in [5, 5.41) is 2.88. The minimum atomic E-state index is -0.491. The molecule has 0 spiro atoms. The van der Waals surface area contributed by atoms with Gasteiger partial charge in [0.15, 0.2) is 5.78 Å². The zero-order valence-corrected chi connectivity index (χ0v) is 22.3. The molecule has 2 aromatic carbocycles. The Hall–Kier alpha value is -4.04. The Kier molecular flexibility index (Phi) is 8.86. The van der Waals surface area contributed by atoms with Gasteiger partial charge in [-0.25, -0.2) is 8.78 Å². The fraction of sp³-hybridized carbons (Fsp3) is 0.312. The van der Waals surface area contributed by atoms with Crippen molar-refractivity contribution in [1.82, 2.24) is 15.1 Å². The summed E-state index contributed by atoms with van der Waals surface area (Å²) in [4.78, 5) is 29.3. The lowest BCUT2D eigenvalue weighted by molar-refractivity contribution is -0.114. The van der Waals surface area contributed by atoms with Crippen LogP contribution in [0.2, 0.25) is 0 Å². The van der Waals surface area contributed by atoms with Crippen molar-refractivity contribution in [3.63, 3.8) is 0 Å². The van der Waals surface area contributed by atoms with Crippen LogP contribution in [0, 0.1) is 11.6 Å². The zero-order chi connectivity index (χ0) is 27.9. The number of rotatable bonds is 9. The number of halogens is 2. The molecule has 2 aromatic rings. The predicted octanol–water partition coefficient (Wildman–Crippen LogP) is 5.22. The topological polar surface area (TPSA) is 61.9 Å². The van der Waals surface area contributed by atoms with E-state index in [4.69, 9.17) is 4.74 Å². The first kappa shape index (κ1) is 27.5. The van der Waals surface area contributed by atoms with E-state index in [9.17, 15) is 18.4 Å². The lowest BCUT2D eigenvalue weighted by Crippen LogP contribution is -2.38. The number of piperidine rings is 1. The molecular weight excluding hydrogens is 512 g/mol. The minimum Gasteiger partial charge on any atom is -0.462 e. The number of hydrogen-bond acceptors (Lipinski definition) is 5. The minimum absolute atomic E-state index is 0.0734. The second kappa shape index (κ2) is 12.9. The molecule has 1 fully saturated rings. The van der Waals surface area contributed by atoms with Crippen molar-refractivity contribution in [1.29, 1.82) is 0 Å². The highest BCUT2D eigenvalue weighted by molar-refractivity contribution is 5.96. The van der Waals surface area contributed by atoms with E-state index in [1.54, 1.807) is 18.4 Å². The number of allylic oxidation sites excluding steroid dienone is 4. The van der Waals surface area contributed by atoms with Crippen molar-refractivity contribution in [3.8, 4) is 0 Å². The monoisotopic (exact) mass is 545 g/mol. The Labute approximate surface area is 233 Å². The number of carbonyl (C=O) groups excluding carboxylic acids is 2. The highest BCUT2D eigenvalue weighted by Gasteiger charge is 2.25. The van der Waals surface area contributed by atoms with Crippen LogP contribution in [0.15, 0.2) is 90.7 Å². The van der Waals surface area contributed by atoms with E-state index >= 15 is 0 Å². The molecule has 40 heavy (non-hydrogen) atoms. The smallest absolute Gasteiger partial charge is 0.251 e. The largest absolute Gasteiger partial charge is 0.462 e. The Morgan fingerprint density at radius 1 is 1.07 bits per heavy atom. The summed E-state index contributed by atoms with van der Waals surface area (Å²) in [5.41, 5.74) is 2.80. The third kappa shape index (κ3) is 6.93. The van der Waals surface area contributed by atoms with E-state index in [-0.39, 0.29) is 36.1 Å². The molecule has 0 radical (unpaired) electrons.